The zero-order valence-corrected chi connectivity index (χ0v) is 9.97. The second-order valence-corrected chi connectivity index (χ2v) is 5.37. The van der Waals surface area contributed by atoms with Crippen LogP contribution in [0.1, 0.15) is 47.0 Å². The van der Waals surface area contributed by atoms with Gasteiger partial charge in [0.15, 0.2) is 0 Å². The average Bonchev–Trinajstić information content (AvgIpc) is 2.15. The minimum absolute atomic E-state index is 0.317. The molecule has 0 bridgehead atoms. The van der Waals surface area contributed by atoms with Crippen LogP contribution >= 0.6 is 0 Å². The Balaban J connectivity index is 2.43. The van der Waals surface area contributed by atoms with Crippen molar-refractivity contribution < 1.29 is 4.79 Å². The molecule has 0 saturated carbocycles. The van der Waals surface area contributed by atoms with Crippen LogP contribution in [-0.2, 0) is 4.79 Å². The lowest BCUT2D eigenvalue weighted by Crippen LogP contribution is -2.41. The van der Waals surface area contributed by atoms with Crippen molar-refractivity contribution in [3.63, 3.8) is 0 Å². The SMILES string of the molecule is CCC(=O)N1CCC(C(C)(C)C)CC1. The monoisotopic (exact) mass is 197 g/mol. The van der Waals surface area contributed by atoms with Crippen LogP contribution in [0, 0.1) is 11.3 Å². The molecular formula is C12H23NO. The van der Waals surface area contributed by atoms with Crippen LogP contribution in [0.25, 0.3) is 0 Å². The summed E-state index contributed by atoms with van der Waals surface area (Å²) in [7, 11) is 0. The van der Waals surface area contributed by atoms with Gasteiger partial charge in [0.25, 0.3) is 0 Å². The molecule has 1 aliphatic heterocycles. The van der Waals surface area contributed by atoms with E-state index in [0.717, 1.165) is 19.0 Å². The number of piperidine rings is 1. The van der Waals surface area contributed by atoms with Crippen molar-refractivity contribution in [3.05, 3.63) is 0 Å². The fraction of sp³-hybridized carbons (Fsp3) is 0.917. The van der Waals surface area contributed by atoms with Gasteiger partial charge in [-0.15, -0.1) is 0 Å². The number of hydrogen-bond donors (Lipinski definition) is 0. The van der Waals surface area contributed by atoms with E-state index in [-0.39, 0.29) is 0 Å². The van der Waals surface area contributed by atoms with Crippen LogP contribution < -0.4 is 0 Å². The molecule has 1 heterocycles. The average molecular weight is 197 g/mol. The number of hydrogen-bond acceptors (Lipinski definition) is 1. The summed E-state index contributed by atoms with van der Waals surface area (Å²) >= 11 is 0. The highest BCUT2D eigenvalue weighted by atomic mass is 16.2. The van der Waals surface area contributed by atoms with Gasteiger partial charge in [0, 0.05) is 19.5 Å². The van der Waals surface area contributed by atoms with E-state index in [1.165, 1.54) is 12.8 Å². The second kappa shape index (κ2) is 4.33. The normalized spacial score (nSPS) is 19.9. The zero-order chi connectivity index (χ0) is 10.8. The van der Waals surface area contributed by atoms with Crippen molar-refractivity contribution >= 4 is 5.91 Å². The molecule has 1 saturated heterocycles. The first-order valence-corrected chi connectivity index (χ1v) is 5.73. The quantitative estimate of drug-likeness (QED) is 0.633. The standard InChI is InChI=1S/C12H23NO/c1-5-11(14)13-8-6-10(7-9-13)12(2,3)4/h10H,5-9H2,1-4H3. The Hall–Kier alpha value is -0.530. The number of nitrogens with zero attached hydrogens (tertiary/aromatic N) is 1. The summed E-state index contributed by atoms with van der Waals surface area (Å²) in [6, 6.07) is 0. The van der Waals surface area contributed by atoms with Crippen LogP contribution in [0.3, 0.4) is 0 Å². The molecule has 14 heavy (non-hydrogen) atoms. The van der Waals surface area contributed by atoms with E-state index in [4.69, 9.17) is 0 Å². The van der Waals surface area contributed by atoms with Crippen LogP contribution in [0.5, 0.6) is 0 Å². The number of carbonyl (C=O) groups is 1. The van der Waals surface area contributed by atoms with E-state index in [1.807, 2.05) is 11.8 Å². The largest absolute Gasteiger partial charge is 0.343 e. The summed E-state index contributed by atoms with van der Waals surface area (Å²) in [6.45, 7) is 10.8. The molecule has 0 aliphatic carbocycles. The molecule has 0 spiro atoms. The Kier molecular flexibility index (Phi) is 3.57. The Morgan fingerprint density at radius 1 is 1.29 bits per heavy atom. The van der Waals surface area contributed by atoms with Gasteiger partial charge in [0.2, 0.25) is 5.91 Å². The lowest BCUT2D eigenvalue weighted by Gasteiger charge is -2.38. The van der Waals surface area contributed by atoms with Gasteiger partial charge >= 0.3 is 0 Å². The number of carbonyl (C=O) groups excluding carboxylic acids is 1. The molecule has 0 aromatic carbocycles. The van der Waals surface area contributed by atoms with E-state index in [2.05, 4.69) is 20.8 Å². The van der Waals surface area contributed by atoms with E-state index < -0.39 is 0 Å². The summed E-state index contributed by atoms with van der Waals surface area (Å²) in [4.78, 5) is 13.5. The second-order valence-electron chi connectivity index (χ2n) is 5.37. The number of likely N-dealkylation sites (tertiary alicyclic amines) is 1. The molecule has 1 fully saturated rings. The predicted molar refractivity (Wildman–Crippen MR) is 59.1 cm³/mol. The fourth-order valence-corrected chi connectivity index (χ4v) is 2.22. The minimum atomic E-state index is 0.317. The smallest absolute Gasteiger partial charge is 0.222 e. The van der Waals surface area contributed by atoms with Crippen LogP contribution in [0.15, 0.2) is 0 Å². The van der Waals surface area contributed by atoms with Gasteiger partial charge in [-0.25, -0.2) is 0 Å². The summed E-state index contributed by atoms with van der Waals surface area (Å²) in [5.74, 6) is 1.10. The van der Waals surface area contributed by atoms with Crippen molar-refractivity contribution in [2.75, 3.05) is 13.1 Å². The van der Waals surface area contributed by atoms with E-state index in [0.29, 0.717) is 17.7 Å². The van der Waals surface area contributed by atoms with Gasteiger partial charge in [0.1, 0.15) is 0 Å². The Bertz CT molecular complexity index is 197. The maximum atomic E-state index is 11.4. The van der Waals surface area contributed by atoms with Gasteiger partial charge in [0.05, 0.1) is 0 Å². The Labute approximate surface area is 87.7 Å². The van der Waals surface area contributed by atoms with Crippen molar-refractivity contribution in [2.24, 2.45) is 11.3 Å². The first-order chi connectivity index (χ1) is 6.45. The molecule has 82 valence electrons. The lowest BCUT2D eigenvalue weighted by molar-refractivity contribution is -0.132. The zero-order valence-electron chi connectivity index (χ0n) is 9.97. The molecule has 0 radical (unpaired) electrons. The highest BCUT2D eigenvalue weighted by molar-refractivity contribution is 5.75. The summed E-state index contributed by atoms with van der Waals surface area (Å²) < 4.78 is 0. The first-order valence-electron chi connectivity index (χ1n) is 5.73. The fourth-order valence-electron chi connectivity index (χ4n) is 2.22. The molecule has 0 unspecified atom stereocenters. The van der Waals surface area contributed by atoms with E-state index in [9.17, 15) is 4.79 Å². The first kappa shape index (κ1) is 11.5. The minimum Gasteiger partial charge on any atom is -0.343 e. The van der Waals surface area contributed by atoms with E-state index >= 15 is 0 Å². The molecule has 0 atom stereocenters. The topological polar surface area (TPSA) is 20.3 Å². The van der Waals surface area contributed by atoms with Crippen molar-refractivity contribution in [1.82, 2.24) is 4.90 Å². The van der Waals surface area contributed by atoms with Gasteiger partial charge in [-0.2, -0.15) is 0 Å². The number of rotatable bonds is 1. The predicted octanol–water partition coefficient (Wildman–Crippen LogP) is 2.68. The van der Waals surface area contributed by atoms with Gasteiger partial charge in [-0.1, -0.05) is 27.7 Å². The molecule has 0 aromatic rings. The van der Waals surface area contributed by atoms with Crippen LogP contribution in [0.4, 0.5) is 0 Å². The van der Waals surface area contributed by atoms with E-state index in [1.54, 1.807) is 0 Å². The molecule has 2 heteroatoms. The molecule has 2 nitrogen and oxygen atoms in total. The molecule has 0 N–H and O–H groups in total. The third kappa shape index (κ3) is 2.73. The maximum Gasteiger partial charge on any atom is 0.222 e. The Morgan fingerprint density at radius 3 is 2.14 bits per heavy atom. The van der Waals surface area contributed by atoms with Crippen LogP contribution in [-0.4, -0.2) is 23.9 Å². The van der Waals surface area contributed by atoms with Gasteiger partial charge in [-0.05, 0) is 24.2 Å². The molecule has 1 rings (SSSR count). The molecule has 1 amide bonds. The van der Waals surface area contributed by atoms with Crippen molar-refractivity contribution in [1.29, 1.82) is 0 Å². The molecular weight excluding hydrogens is 174 g/mol. The van der Waals surface area contributed by atoms with Crippen molar-refractivity contribution in [3.8, 4) is 0 Å². The molecule has 0 aromatic heterocycles. The van der Waals surface area contributed by atoms with Crippen LogP contribution in [0.2, 0.25) is 0 Å². The van der Waals surface area contributed by atoms with Gasteiger partial charge < -0.3 is 4.90 Å². The highest BCUT2D eigenvalue weighted by Crippen LogP contribution is 2.34. The number of amides is 1. The maximum absolute atomic E-state index is 11.4. The third-order valence-corrected chi connectivity index (χ3v) is 3.37. The summed E-state index contributed by atoms with van der Waals surface area (Å²) in [5, 5.41) is 0. The van der Waals surface area contributed by atoms with Gasteiger partial charge in [-0.3, -0.25) is 4.79 Å². The van der Waals surface area contributed by atoms with Crippen molar-refractivity contribution in [2.45, 2.75) is 47.0 Å². The Morgan fingerprint density at radius 2 is 1.79 bits per heavy atom. The highest BCUT2D eigenvalue weighted by Gasteiger charge is 2.29. The third-order valence-electron chi connectivity index (χ3n) is 3.37. The lowest BCUT2D eigenvalue weighted by atomic mass is 9.75. The summed E-state index contributed by atoms with van der Waals surface area (Å²) in [6.07, 6.45) is 3.00. The summed E-state index contributed by atoms with van der Waals surface area (Å²) in [5.41, 5.74) is 0.404. The molecule has 1 aliphatic rings.